The number of carbonyl (C=O) groups is 16. The van der Waals surface area contributed by atoms with Crippen molar-refractivity contribution in [2.45, 2.75) is 224 Å². The molecule has 0 unspecified atom stereocenters. The number of aromatic amines is 2. The third kappa shape index (κ3) is 29.0. The number of aliphatic carboxylic acids is 1. The Hall–Kier alpha value is -12.8. The summed E-state index contributed by atoms with van der Waals surface area (Å²) in [5, 5.41) is 89.6. The van der Waals surface area contributed by atoms with Crippen LogP contribution in [0.25, 0.3) is 21.8 Å². The van der Waals surface area contributed by atoms with Gasteiger partial charge in [0.2, 0.25) is 88.6 Å². The van der Waals surface area contributed by atoms with E-state index >= 15 is 9.59 Å². The lowest BCUT2D eigenvalue weighted by molar-refractivity contribution is -0.139. The maximum atomic E-state index is 15.3. The van der Waals surface area contributed by atoms with Gasteiger partial charge in [-0.15, -0.1) is 0 Å². The lowest BCUT2D eigenvalue weighted by atomic mass is 9.99. The van der Waals surface area contributed by atoms with E-state index in [9.17, 15) is 92.7 Å². The molecule has 1 aliphatic rings. The number of carboxylic acid groups (broad SMARTS) is 1. The number of phenolic OH excluding ortho intramolecular Hbond substituents is 1. The Balaban J connectivity index is 1.21. The number of H-pyrrole nitrogens is 2. The fourth-order valence-corrected chi connectivity index (χ4v) is 13.8. The van der Waals surface area contributed by atoms with E-state index in [1.54, 1.807) is 127 Å². The van der Waals surface area contributed by atoms with Crippen LogP contribution < -0.4 is 80.2 Å². The lowest BCUT2D eigenvalue weighted by Crippen LogP contribution is -2.63. The fraction of sp³-hybridized carbons (Fsp3) is 0.476. The van der Waals surface area contributed by atoms with Crippen molar-refractivity contribution in [1.29, 1.82) is 0 Å². The summed E-state index contributed by atoms with van der Waals surface area (Å²) < 4.78 is 0. The summed E-state index contributed by atoms with van der Waals surface area (Å²) in [5.74, 6) is -18.4. The van der Waals surface area contributed by atoms with Gasteiger partial charge in [0.25, 0.3) is 0 Å². The Kier molecular flexibility index (Phi) is 36.4. The molecule has 15 amide bonds. The van der Waals surface area contributed by atoms with Gasteiger partial charge in [-0.2, -0.15) is 0 Å². The molecule has 0 bridgehead atoms. The van der Waals surface area contributed by atoms with Crippen molar-refractivity contribution >= 4 is 116 Å². The smallest absolute Gasteiger partial charge is 0.303 e. The van der Waals surface area contributed by atoms with E-state index in [-0.39, 0.29) is 57.2 Å². The topological polar surface area (TPSA) is 600 Å². The molecule has 1 saturated heterocycles. The second-order valence-electron chi connectivity index (χ2n) is 31.5. The number of carbonyl (C=O) groups excluding carboxylic acids is 15. The van der Waals surface area contributed by atoms with Gasteiger partial charge in [0.15, 0.2) is 0 Å². The number of aliphatic hydroxyl groups excluding tert-OH is 3. The molecule has 2 aromatic heterocycles. The SMILES string of the molecule is CC(=O)N[C@H](C(=O)N[C@H](C(=O)N[C@@H](Cc1ccccc1)C(=O)N[C@H](C(=O)N[C@@H](CO)C(=O)N[C@@H](Cc1c[nH]c2ccccc12)C(=O)N[C@H]1CCCCNC(=O)C[C@@H](C(=O)N[C@@H](Cc2c[nH]c3ccccc23)C(=O)N[C@H](C(N)=O)C(C)C)NC(=O)[C@H](CC(C)C)NC(=O)[C@H](Cc2ccc(O)cc2)NC(=O)[C@H](CCC(=O)O)NC1=O)[C@@H](C)O)C(C)C)[C@@H](C)O. The summed E-state index contributed by atoms with van der Waals surface area (Å²) in [6.45, 7) is 11.9. The molecule has 15 atom stereocenters. The van der Waals surface area contributed by atoms with Gasteiger partial charge in [-0.3, -0.25) is 76.7 Å². The fourth-order valence-electron chi connectivity index (χ4n) is 13.8. The Morgan fingerprint density at radius 2 is 0.967 bits per heavy atom. The molecule has 3 heterocycles. The summed E-state index contributed by atoms with van der Waals surface area (Å²) >= 11 is 0. The van der Waals surface area contributed by atoms with E-state index in [1.165, 1.54) is 37.4 Å². The third-order valence-electron chi connectivity index (χ3n) is 20.4. The van der Waals surface area contributed by atoms with Crippen LogP contribution >= 0.6 is 0 Å². The average Bonchev–Trinajstić information content (AvgIpc) is 1.66. The first-order valence-electron chi connectivity index (χ1n) is 40.4. The van der Waals surface area contributed by atoms with E-state index < -0.39 is 235 Å². The molecular formula is C84H113N17O21. The van der Waals surface area contributed by atoms with E-state index in [0.717, 1.165) is 13.8 Å². The van der Waals surface area contributed by atoms with Crippen molar-refractivity contribution in [1.82, 2.24) is 84.4 Å². The van der Waals surface area contributed by atoms with Gasteiger partial charge in [-0.1, -0.05) is 120 Å². The van der Waals surface area contributed by atoms with Crippen LogP contribution in [0.1, 0.15) is 130 Å². The largest absolute Gasteiger partial charge is 0.508 e. The maximum absolute atomic E-state index is 15.3. The minimum Gasteiger partial charge on any atom is -0.508 e. The minimum absolute atomic E-state index is 0.0153. The number of aliphatic hydroxyl groups is 3. The number of rotatable bonds is 36. The second-order valence-corrected chi connectivity index (χ2v) is 31.5. The van der Waals surface area contributed by atoms with Gasteiger partial charge in [-0.25, -0.2) is 0 Å². The summed E-state index contributed by atoms with van der Waals surface area (Å²) in [6.07, 6.45) is -4.08. The molecule has 38 nitrogen and oxygen atoms in total. The zero-order valence-electron chi connectivity index (χ0n) is 69.4. The first kappa shape index (κ1) is 96.3. The number of fused-ring (bicyclic) bond motifs is 2. The molecule has 0 saturated carbocycles. The van der Waals surface area contributed by atoms with E-state index in [2.05, 4.69) is 84.4 Å². The molecule has 7 rings (SSSR count). The lowest BCUT2D eigenvalue weighted by Gasteiger charge is -2.29. The number of aromatic nitrogens is 2. The number of benzene rings is 4. The molecule has 0 radical (unpaired) electrons. The highest BCUT2D eigenvalue weighted by Crippen LogP contribution is 2.23. The summed E-state index contributed by atoms with van der Waals surface area (Å²) in [5.41, 5.74) is 8.72. The van der Waals surface area contributed by atoms with Crippen LogP contribution in [0, 0.1) is 17.8 Å². The number of amides is 15. The predicted octanol–water partition coefficient (Wildman–Crippen LogP) is -1.90. The molecule has 1 aliphatic heterocycles. The van der Waals surface area contributed by atoms with Crippen LogP contribution in [0.15, 0.2) is 116 Å². The van der Waals surface area contributed by atoms with Gasteiger partial charge in [0.05, 0.1) is 25.2 Å². The third-order valence-corrected chi connectivity index (χ3v) is 20.4. The number of para-hydroxylation sites is 2. The van der Waals surface area contributed by atoms with Crippen molar-refractivity contribution in [3.8, 4) is 5.75 Å². The highest BCUT2D eigenvalue weighted by Gasteiger charge is 2.41. The normalized spacial score (nSPS) is 18.9. The molecule has 4 aromatic carbocycles. The number of nitrogens with two attached hydrogens (primary N) is 1. The van der Waals surface area contributed by atoms with Crippen LogP contribution in [-0.2, 0) is 102 Å². The van der Waals surface area contributed by atoms with Gasteiger partial charge in [-0.05, 0) is 110 Å². The van der Waals surface area contributed by atoms with Crippen molar-refractivity contribution in [3.05, 3.63) is 138 Å². The minimum atomic E-state index is -2.00. The molecule has 0 spiro atoms. The molecule has 23 N–H and O–H groups in total. The number of nitrogens with one attached hydrogen (secondary N) is 16. The Bertz CT molecular complexity index is 4680. The Labute approximate surface area is 703 Å². The molecule has 38 heteroatoms. The van der Waals surface area contributed by atoms with Crippen LogP contribution in [0.2, 0.25) is 0 Å². The Morgan fingerprint density at radius 1 is 0.492 bits per heavy atom. The van der Waals surface area contributed by atoms with Gasteiger partial charge >= 0.3 is 5.97 Å². The zero-order chi connectivity index (χ0) is 89.8. The maximum Gasteiger partial charge on any atom is 0.303 e. The number of primary amides is 1. The van der Waals surface area contributed by atoms with Gasteiger partial charge < -0.3 is 116 Å². The predicted molar refractivity (Wildman–Crippen MR) is 444 cm³/mol. The Morgan fingerprint density at radius 3 is 1.52 bits per heavy atom. The molecule has 122 heavy (non-hydrogen) atoms. The van der Waals surface area contributed by atoms with Crippen LogP contribution in [-0.4, -0.2) is 234 Å². The van der Waals surface area contributed by atoms with Crippen LogP contribution in [0.5, 0.6) is 5.75 Å². The van der Waals surface area contributed by atoms with Crippen molar-refractivity contribution in [3.63, 3.8) is 0 Å². The average molecular weight is 1700 g/mol. The van der Waals surface area contributed by atoms with E-state index in [1.807, 2.05) is 0 Å². The van der Waals surface area contributed by atoms with Crippen LogP contribution in [0.3, 0.4) is 0 Å². The van der Waals surface area contributed by atoms with E-state index in [0.29, 0.717) is 44.1 Å². The summed E-state index contributed by atoms with van der Waals surface area (Å²) in [4.78, 5) is 233. The monoisotopic (exact) mass is 1700 g/mol. The highest BCUT2D eigenvalue weighted by atomic mass is 16.4. The quantitative estimate of drug-likeness (QED) is 0.0204. The van der Waals surface area contributed by atoms with E-state index in [4.69, 9.17) is 5.73 Å². The van der Waals surface area contributed by atoms with Gasteiger partial charge in [0, 0.05) is 79.8 Å². The summed E-state index contributed by atoms with van der Waals surface area (Å²) in [7, 11) is 0. The highest BCUT2D eigenvalue weighted by molar-refractivity contribution is 6.02. The standard InChI is InChI=1S/C84H113N17O21/c1-42(2)33-59-75(113)96-64(78(116)94-63(80(118)99-68(43(3)4)72(85)110)37-51-40-88-56-24-16-14-22-54(51)56)38-66(107)86-32-18-17-25-57(73(111)91-58(30-31-67(108)109)74(112)93-60(76(114)92-59)35-49-26-28-52(106)29-27-49)90-77(115)62(36-50-39-87-55-23-15-13-21-53(50)55)95-81(119)65(41-102)98-83(121)71(46(8)104)101-79(117)61(34-48-19-11-10-12-20-48)97-82(120)69(44(5)6)100-84(122)70(45(7)103)89-47(9)105/h10-16,19-24,26-29,39-40,42-46,57-65,68-71,87-88,102-104,106H,17-18,25,30-38,41H2,1-9H3,(H2,85,110)(H,86,107)(H,89,105)(H,90,115)(H,91,111)(H,92,114)(H,93,112)(H,94,116)(H,95,119)(H,96,113)(H,97,120)(H,98,121)(H,99,118)(H,100,122)(H,101,117)(H,108,109)/t45-,46-,57+,58+,59+,60+,61+,62+,63+,64+,65+,68+,69+,70+,71+/m1/s1. The number of phenols is 1. The molecule has 660 valence electrons. The van der Waals surface area contributed by atoms with Crippen molar-refractivity contribution in [2.24, 2.45) is 23.5 Å². The van der Waals surface area contributed by atoms with Crippen molar-refractivity contribution in [2.75, 3.05) is 13.2 Å². The number of carboxylic acids is 1. The molecule has 6 aromatic rings. The molecule has 1 fully saturated rings. The number of hydrogen-bond acceptors (Lipinski definition) is 20. The zero-order valence-corrected chi connectivity index (χ0v) is 69.4. The van der Waals surface area contributed by atoms with Crippen LogP contribution in [0.4, 0.5) is 0 Å². The molecular weight excluding hydrogens is 1580 g/mol. The summed E-state index contributed by atoms with van der Waals surface area (Å²) in [6, 6.07) is 6.04. The molecule has 0 aliphatic carbocycles. The second kappa shape index (κ2) is 46.1. The van der Waals surface area contributed by atoms with Crippen molar-refractivity contribution < 1.29 is 102 Å². The first-order chi connectivity index (χ1) is 57.8. The number of aromatic hydroxyl groups is 1. The first-order valence-corrected chi connectivity index (χ1v) is 40.4. The van der Waals surface area contributed by atoms with Gasteiger partial charge in [0.1, 0.15) is 84.3 Å². The number of hydrogen-bond donors (Lipinski definition) is 22.